The number of sulfonamides is 1. The van der Waals surface area contributed by atoms with Gasteiger partial charge in [0.05, 0.1) is 4.90 Å². The molecule has 1 aromatic rings. The Kier molecular flexibility index (Phi) is 6.01. The van der Waals surface area contributed by atoms with E-state index in [0.29, 0.717) is 18.1 Å². The summed E-state index contributed by atoms with van der Waals surface area (Å²) in [6.45, 7) is 3.56. The van der Waals surface area contributed by atoms with Gasteiger partial charge < -0.3 is 10.0 Å². The van der Waals surface area contributed by atoms with Gasteiger partial charge in [0, 0.05) is 37.8 Å². The molecule has 0 atom stereocenters. The fourth-order valence-corrected chi connectivity index (χ4v) is 4.14. The van der Waals surface area contributed by atoms with Gasteiger partial charge in [0.2, 0.25) is 10.0 Å². The minimum atomic E-state index is -3.45. The average molecular weight is 333 g/mol. The summed E-state index contributed by atoms with van der Waals surface area (Å²) >= 11 is 5.87. The van der Waals surface area contributed by atoms with Gasteiger partial charge in [0.1, 0.15) is 0 Å². The summed E-state index contributed by atoms with van der Waals surface area (Å²) in [7, 11) is -3.45. The van der Waals surface area contributed by atoms with Gasteiger partial charge >= 0.3 is 0 Å². The van der Waals surface area contributed by atoms with Crippen molar-refractivity contribution >= 4 is 21.6 Å². The topological polar surface area (TPSA) is 60.9 Å². The molecular weight excluding hydrogens is 312 g/mol. The number of unbranched alkanes of at least 4 members (excludes halogenated alkanes) is 1. The van der Waals surface area contributed by atoms with Gasteiger partial charge in [0.25, 0.3) is 0 Å². The predicted octanol–water partition coefficient (Wildman–Crippen LogP) is 1.42. The summed E-state index contributed by atoms with van der Waals surface area (Å²) in [5, 5.41) is 9.21. The van der Waals surface area contributed by atoms with E-state index < -0.39 is 10.0 Å². The van der Waals surface area contributed by atoms with Crippen molar-refractivity contribution in [3.8, 4) is 0 Å². The number of aliphatic hydroxyl groups is 1. The average Bonchev–Trinajstić information content (AvgIpc) is 2.48. The Bertz CT molecular complexity index is 557. The van der Waals surface area contributed by atoms with E-state index in [0.717, 1.165) is 32.5 Å². The third-order valence-electron chi connectivity index (χ3n) is 3.65. The number of aliphatic hydroxyl groups excluding tert-OH is 1. The van der Waals surface area contributed by atoms with Crippen LogP contribution in [0.3, 0.4) is 0 Å². The first kappa shape index (κ1) is 16.7. The normalized spacial score (nSPS) is 18.0. The van der Waals surface area contributed by atoms with Crippen LogP contribution < -0.4 is 0 Å². The fourth-order valence-electron chi connectivity index (χ4n) is 2.42. The standard InChI is InChI=1S/C14H21ClN2O3S/c15-13-4-3-5-14(12-13)21(19,20)17-9-7-16(8-10-17)6-1-2-11-18/h3-5,12,18H,1-2,6-11H2. The maximum absolute atomic E-state index is 12.5. The Labute approximate surface area is 131 Å². The summed E-state index contributed by atoms with van der Waals surface area (Å²) in [4.78, 5) is 2.49. The summed E-state index contributed by atoms with van der Waals surface area (Å²) in [6, 6.07) is 6.39. The molecule has 0 spiro atoms. The van der Waals surface area contributed by atoms with Crippen molar-refractivity contribution in [1.82, 2.24) is 9.21 Å². The van der Waals surface area contributed by atoms with Gasteiger partial charge in [-0.05, 0) is 37.6 Å². The summed E-state index contributed by atoms with van der Waals surface area (Å²) in [5.74, 6) is 0. The van der Waals surface area contributed by atoms with Crippen molar-refractivity contribution in [2.75, 3.05) is 39.3 Å². The first-order valence-electron chi connectivity index (χ1n) is 7.13. The zero-order valence-electron chi connectivity index (χ0n) is 11.9. The van der Waals surface area contributed by atoms with E-state index in [1.807, 2.05) is 0 Å². The molecule has 0 unspecified atom stereocenters. The molecule has 0 aliphatic carbocycles. The van der Waals surface area contributed by atoms with Crippen LogP contribution in [0.4, 0.5) is 0 Å². The molecule has 1 aromatic carbocycles. The predicted molar refractivity (Wildman–Crippen MR) is 83.0 cm³/mol. The molecule has 1 aliphatic rings. The summed E-state index contributed by atoms with van der Waals surface area (Å²) in [5.41, 5.74) is 0. The van der Waals surface area contributed by atoms with Crippen LogP contribution >= 0.6 is 11.6 Å². The van der Waals surface area contributed by atoms with Crippen molar-refractivity contribution in [1.29, 1.82) is 0 Å². The summed E-state index contributed by atoms with van der Waals surface area (Å²) < 4.78 is 26.6. The zero-order valence-corrected chi connectivity index (χ0v) is 13.5. The second kappa shape index (κ2) is 7.56. The number of piperazine rings is 1. The van der Waals surface area contributed by atoms with Gasteiger partial charge in [-0.1, -0.05) is 17.7 Å². The Balaban J connectivity index is 1.95. The SMILES string of the molecule is O=S(=O)(c1cccc(Cl)c1)N1CCN(CCCCO)CC1. The van der Waals surface area contributed by atoms with Crippen LogP contribution in [0.5, 0.6) is 0 Å². The Hall–Kier alpha value is -0.660. The number of halogens is 1. The van der Waals surface area contributed by atoms with Gasteiger partial charge in [0.15, 0.2) is 0 Å². The highest BCUT2D eigenvalue weighted by Crippen LogP contribution is 2.20. The van der Waals surface area contributed by atoms with Crippen LogP contribution in [0.15, 0.2) is 29.2 Å². The lowest BCUT2D eigenvalue weighted by atomic mass is 10.3. The Morgan fingerprint density at radius 3 is 2.48 bits per heavy atom. The van der Waals surface area contributed by atoms with E-state index in [-0.39, 0.29) is 11.5 Å². The van der Waals surface area contributed by atoms with E-state index in [4.69, 9.17) is 16.7 Å². The third kappa shape index (κ3) is 4.40. The minimum Gasteiger partial charge on any atom is -0.396 e. The molecule has 0 saturated carbocycles. The maximum atomic E-state index is 12.5. The molecule has 0 bridgehead atoms. The molecule has 21 heavy (non-hydrogen) atoms. The molecule has 7 heteroatoms. The molecule has 1 aliphatic heterocycles. The quantitative estimate of drug-likeness (QED) is 0.800. The van der Waals surface area contributed by atoms with Crippen LogP contribution in [0.25, 0.3) is 0 Å². The fraction of sp³-hybridized carbons (Fsp3) is 0.571. The van der Waals surface area contributed by atoms with Crippen LogP contribution in [0.2, 0.25) is 5.02 Å². The molecule has 1 fully saturated rings. The summed E-state index contributed by atoms with van der Waals surface area (Å²) in [6.07, 6.45) is 1.73. The van der Waals surface area contributed by atoms with Crippen molar-refractivity contribution < 1.29 is 13.5 Å². The molecule has 1 N–H and O–H groups in total. The molecule has 2 rings (SSSR count). The zero-order chi connectivity index (χ0) is 15.3. The van der Waals surface area contributed by atoms with Crippen molar-refractivity contribution in [2.45, 2.75) is 17.7 Å². The Morgan fingerprint density at radius 1 is 1.14 bits per heavy atom. The number of rotatable bonds is 6. The van der Waals surface area contributed by atoms with E-state index in [1.54, 1.807) is 18.2 Å². The second-order valence-corrected chi connectivity index (χ2v) is 7.51. The minimum absolute atomic E-state index is 0.211. The molecule has 1 saturated heterocycles. The van der Waals surface area contributed by atoms with Gasteiger partial charge in [-0.25, -0.2) is 8.42 Å². The second-order valence-electron chi connectivity index (χ2n) is 5.13. The van der Waals surface area contributed by atoms with E-state index in [2.05, 4.69) is 4.90 Å². The molecular formula is C14H21ClN2O3S. The molecule has 118 valence electrons. The maximum Gasteiger partial charge on any atom is 0.243 e. The lowest BCUT2D eigenvalue weighted by Gasteiger charge is -2.33. The highest BCUT2D eigenvalue weighted by Gasteiger charge is 2.28. The Morgan fingerprint density at radius 2 is 1.86 bits per heavy atom. The smallest absolute Gasteiger partial charge is 0.243 e. The number of hydrogen-bond donors (Lipinski definition) is 1. The van der Waals surface area contributed by atoms with Crippen molar-refractivity contribution in [3.63, 3.8) is 0 Å². The van der Waals surface area contributed by atoms with Crippen LogP contribution in [0, 0.1) is 0 Å². The third-order valence-corrected chi connectivity index (χ3v) is 5.78. The van der Waals surface area contributed by atoms with E-state index in [1.165, 1.54) is 10.4 Å². The van der Waals surface area contributed by atoms with E-state index >= 15 is 0 Å². The van der Waals surface area contributed by atoms with Gasteiger partial charge in [-0.15, -0.1) is 0 Å². The molecule has 5 nitrogen and oxygen atoms in total. The van der Waals surface area contributed by atoms with Crippen LogP contribution in [0.1, 0.15) is 12.8 Å². The lowest BCUT2D eigenvalue weighted by Crippen LogP contribution is -2.48. The van der Waals surface area contributed by atoms with Crippen LogP contribution in [-0.4, -0.2) is 62.1 Å². The molecule has 0 amide bonds. The number of benzene rings is 1. The molecule has 0 aromatic heterocycles. The van der Waals surface area contributed by atoms with Crippen LogP contribution in [-0.2, 0) is 10.0 Å². The lowest BCUT2D eigenvalue weighted by molar-refractivity contribution is 0.180. The van der Waals surface area contributed by atoms with Crippen molar-refractivity contribution in [2.24, 2.45) is 0 Å². The molecule has 1 heterocycles. The first-order chi connectivity index (χ1) is 10.0. The van der Waals surface area contributed by atoms with Crippen molar-refractivity contribution in [3.05, 3.63) is 29.3 Å². The molecule has 0 radical (unpaired) electrons. The largest absolute Gasteiger partial charge is 0.396 e. The monoisotopic (exact) mass is 332 g/mol. The highest BCUT2D eigenvalue weighted by atomic mass is 35.5. The van der Waals surface area contributed by atoms with Gasteiger partial charge in [-0.2, -0.15) is 4.31 Å². The highest BCUT2D eigenvalue weighted by molar-refractivity contribution is 7.89. The number of nitrogens with zero attached hydrogens (tertiary/aromatic N) is 2. The first-order valence-corrected chi connectivity index (χ1v) is 8.95. The number of hydrogen-bond acceptors (Lipinski definition) is 4. The van der Waals surface area contributed by atoms with E-state index in [9.17, 15) is 8.42 Å². The van der Waals surface area contributed by atoms with Gasteiger partial charge in [-0.3, -0.25) is 0 Å².